The highest BCUT2D eigenvalue weighted by molar-refractivity contribution is 7.25. The molecule has 0 N–H and O–H groups in total. The van der Waals surface area contributed by atoms with Gasteiger partial charge in [0.1, 0.15) is 11.2 Å². The van der Waals surface area contributed by atoms with Gasteiger partial charge in [-0.15, -0.1) is 11.3 Å². The van der Waals surface area contributed by atoms with Gasteiger partial charge >= 0.3 is 0 Å². The molecule has 0 spiro atoms. The molecule has 0 aliphatic heterocycles. The fraction of sp³-hybridized carbons (Fsp3) is 0. The van der Waals surface area contributed by atoms with E-state index in [0.717, 1.165) is 44.7 Å². The van der Waals surface area contributed by atoms with Crippen molar-refractivity contribution in [2.24, 2.45) is 0 Å². The first-order valence-corrected chi connectivity index (χ1v) is 17.7. The van der Waals surface area contributed by atoms with E-state index in [-0.39, 0.29) is 0 Å². The van der Waals surface area contributed by atoms with Crippen molar-refractivity contribution >= 4 is 103 Å². The Labute approximate surface area is 291 Å². The van der Waals surface area contributed by atoms with Crippen molar-refractivity contribution in [1.29, 1.82) is 0 Å². The van der Waals surface area contributed by atoms with E-state index in [9.17, 15) is 0 Å². The Morgan fingerprint density at radius 2 is 1.04 bits per heavy atom. The highest BCUT2D eigenvalue weighted by Gasteiger charge is 2.19. The van der Waals surface area contributed by atoms with Gasteiger partial charge in [-0.25, -0.2) is 0 Å². The van der Waals surface area contributed by atoms with Crippen LogP contribution in [0.2, 0.25) is 0 Å². The standard InChI is InChI=1S/C46H28N2OS/c1-2-10-30-26-42-39(25-29(30)9-1)35-11-3-6-14-41(35)48(42)32-19-17-31(18-20-32)47(33-22-24-46-40(27-33)38-13-5-8-16-45(38)50-46)34-21-23-37-36-12-4-7-15-43(36)49-44(37)28-34/h1-28H. The number of nitrogens with zero attached hydrogens (tertiary/aromatic N) is 2. The smallest absolute Gasteiger partial charge is 0.137 e. The van der Waals surface area contributed by atoms with E-state index < -0.39 is 0 Å². The van der Waals surface area contributed by atoms with Crippen molar-refractivity contribution in [2.75, 3.05) is 4.90 Å². The minimum absolute atomic E-state index is 0.880. The van der Waals surface area contributed by atoms with E-state index in [1.807, 2.05) is 23.5 Å². The van der Waals surface area contributed by atoms with Crippen molar-refractivity contribution in [3.63, 3.8) is 0 Å². The van der Waals surface area contributed by atoms with Gasteiger partial charge in [-0.05, 0) is 95.7 Å². The average Bonchev–Trinajstić information content (AvgIpc) is 3.83. The summed E-state index contributed by atoms with van der Waals surface area (Å²) in [7, 11) is 0. The van der Waals surface area contributed by atoms with E-state index in [4.69, 9.17) is 4.42 Å². The first-order chi connectivity index (χ1) is 24.8. The molecular weight excluding hydrogens is 629 g/mol. The van der Waals surface area contributed by atoms with Crippen LogP contribution in [0.25, 0.3) is 80.4 Å². The van der Waals surface area contributed by atoms with Crippen molar-refractivity contribution in [2.45, 2.75) is 0 Å². The highest BCUT2D eigenvalue weighted by Crippen LogP contribution is 2.43. The number of anilines is 3. The number of benzene rings is 8. The number of hydrogen-bond acceptors (Lipinski definition) is 3. The topological polar surface area (TPSA) is 21.3 Å². The summed E-state index contributed by atoms with van der Waals surface area (Å²) in [4.78, 5) is 2.35. The van der Waals surface area contributed by atoms with Crippen LogP contribution in [-0.4, -0.2) is 4.57 Å². The van der Waals surface area contributed by atoms with Gasteiger partial charge in [-0.1, -0.05) is 78.9 Å². The molecule has 11 rings (SSSR count). The normalized spacial score (nSPS) is 12.0. The van der Waals surface area contributed by atoms with Gasteiger partial charge in [0.05, 0.1) is 11.0 Å². The predicted molar refractivity (Wildman–Crippen MR) is 213 cm³/mol. The first-order valence-electron chi connectivity index (χ1n) is 16.9. The van der Waals surface area contributed by atoms with E-state index in [2.05, 4.69) is 167 Å². The summed E-state index contributed by atoms with van der Waals surface area (Å²) in [6.45, 7) is 0. The van der Waals surface area contributed by atoms with Crippen molar-refractivity contribution in [1.82, 2.24) is 4.57 Å². The molecule has 0 aliphatic carbocycles. The molecule has 3 aromatic heterocycles. The predicted octanol–water partition coefficient (Wildman–Crippen LogP) is 13.7. The third-order valence-corrected chi connectivity index (χ3v) is 11.3. The zero-order chi connectivity index (χ0) is 32.8. The lowest BCUT2D eigenvalue weighted by Crippen LogP contribution is -2.10. The fourth-order valence-corrected chi connectivity index (χ4v) is 8.92. The number of aromatic nitrogens is 1. The molecule has 3 nitrogen and oxygen atoms in total. The van der Waals surface area contributed by atoms with Gasteiger partial charge in [0.15, 0.2) is 0 Å². The number of thiophene rings is 1. The molecule has 8 aromatic carbocycles. The Morgan fingerprint density at radius 1 is 0.400 bits per heavy atom. The van der Waals surface area contributed by atoms with E-state index in [0.29, 0.717) is 0 Å². The summed E-state index contributed by atoms with van der Waals surface area (Å²) in [6, 6.07) is 61.4. The maximum absolute atomic E-state index is 6.38. The molecule has 50 heavy (non-hydrogen) atoms. The van der Waals surface area contributed by atoms with Crippen LogP contribution in [0.4, 0.5) is 17.1 Å². The van der Waals surface area contributed by atoms with E-state index >= 15 is 0 Å². The molecular formula is C46H28N2OS. The monoisotopic (exact) mass is 656 g/mol. The van der Waals surface area contributed by atoms with Crippen LogP contribution in [0.1, 0.15) is 0 Å². The van der Waals surface area contributed by atoms with Crippen LogP contribution in [0, 0.1) is 0 Å². The number of para-hydroxylation sites is 2. The summed E-state index contributed by atoms with van der Waals surface area (Å²) < 4.78 is 11.4. The molecule has 0 amide bonds. The van der Waals surface area contributed by atoms with Crippen LogP contribution in [0.3, 0.4) is 0 Å². The minimum atomic E-state index is 0.880. The molecule has 0 unspecified atom stereocenters. The number of furan rings is 1. The maximum Gasteiger partial charge on any atom is 0.137 e. The minimum Gasteiger partial charge on any atom is -0.456 e. The molecule has 3 heterocycles. The third-order valence-electron chi connectivity index (χ3n) is 10.1. The zero-order valence-corrected chi connectivity index (χ0v) is 27.7. The van der Waals surface area contributed by atoms with Gasteiger partial charge < -0.3 is 13.9 Å². The molecule has 234 valence electrons. The lowest BCUT2D eigenvalue weighted by Gasteiger charge is -2.26. The molecule has 0 radical (unpaired) electrons. The largest absolute Gasteiger partial charge is 0.456 e. The average molecular weight is 657 g/mol. The summed E-state index contributed by atoms with van der Waals surface area (Å²) in [6.07, 6.45) is 0. The van der Waals surface area contributed by atoms with Gasteiger partial charge in [0.2, 0.25) is 0 Å². The van der Waals surface area contributed by atoms with Crippen LogP contribution in [0.15, 0.2) is 174 Å². The van der Waals surface area contributed by atoms with Crippen LogP contribution < -0.4 is 4.90 Å². The Bertz CT molecular complexity index is 3110. The second-order valence-corrected chi connectivity index (χ2v) is 14.1. The zero-order valence-electron chi connectivity index (χ0n) is 26.9. The molecule has 0 bridgehead atoms. The van der Waals surface area contributed by atoms with Crippen LogP contribution >= 0.6 is 11.3 Å². The Balaban J connectivity index is 1.11. The lowest BCUT2D eigenvalue weighted by atomic mass is 10.1. The Kier molecular flexibility index (Phi) is 5.83. The number of hydrogen-bond donors (Lipinski definition) is 0. The maximum atomic E-state index is 6.38. The Hall–Kier alpha value is -6.36. The van der Waals surface area contributed by atoms with Gasteiger partial charge in [0.25, 0.3) is 0 Å². The molecule has 0 fully saturated rings. The number of fused-ring (bicyclic) bond motifs is 10. The second kappa shape index (κ2) is 10.6. The van der Waals surface area contributed by atoms with E-state index in [1.54, 1.807) is 0 Å². The van der Waals surface area contributed by atoms with Gasteiger partial charge in [-0.2, -0.15) is 0 Å². The summed E-state index contributed by atoms with van der Waals surface area (Å²) >= 11 is 1.84. The van der Waals surface area contributed by atoms with Crippen LogP contribution in [0.5, 0.6) is 0 Å². The number of rotatable bonds is 4. The first kappa shape index (κ1) is 27.6. The Morgan fingerprint density at radius 3 is 1.92 bits per heavy atom. The van der Waals surface area contributed by atoms with Crippen molar-refractivity contribution in [3.8, 4) is 5.69 Å². The highest BCUT2D eigenvalue weighted by atomic mass is 32.1. The lowest BCUT2D eigenvalue weighted by molar-refractivity contribution is 0.669. The van der Waals surface area contributed by atoms with Gasteiger partial charge in [-0.3, -0.25) is 0 Å². The molecule has 0 saturated heterocycles. The third kappa shape index (κ3) is 4.09. The fourth-order valence-electron chi connectivity index (χ4n) is 7.84. The molecule has 0 saturated carbocycles. The summed E-state index contributed by atoms with van der Waals surface area (Å²) in [5, 5.41) is 9.83. The van der Waals surface area contributed by atoms with E-state index in [1.165, 1.54) is 52.8 Å². The van der Waals surface area contributed by atoms with Crippen molar-refractivity contribution < 1.29 is 4.42 Å². The molecule has 0 aliphatic rings. The quantitative estimate of drug-likeness (QED) is 0.188. The second-order valence-electron chi connectivity index (χ2n) is 13.0. The molecule has 11 aromatic rings. The van der Waals surface area contributed by atoms with Crippen LogP contribution in [-0.2, 0) is 0 Å². The molecule has 4 heteroatoms. The summed E-state index contributed by atoms with van der Waals surface area (Å²) in [5.74, 6) is 0. The van der Waals surface area contributed by atoms with Gasteiger partial charge in [0, 0.05) is 70.5 Å². The van der Waals surface area contributed by atoms with Crippen molar-refractivity contribution in [3.05, 3.63) is 170 Å². The summed E-state index contributed by atoms with van der Waals surface area (Å²) in [5.41, 5.74) is 8.55. The molecule has 0 atom stereocenters. The SMILES string of the molecule is c1ccc2cc3c(cc2c1)c1ccccc1n3-c1ccc(N(c2ccc3c(c2)oc2ccccc23)c2ccc3sc4ccccc4c3c2)cc1.